The van der Waals surface area contributed by atoms with Gasteiger partial charge in [0.05, 0.1) is 0 Å². The van der Waals surface area contributed by atoms with E-state index in [9.17, 15) is 12.8 Å². The van der Waals surface area contributed by atoms with Crippen molar-refractivity contribution in [3.05, 3.63) is 59.7 Å². The minimum atomic E-state index is -3.86. The Labute approximate surface area is 117 Å². The molecule has 0 spiro atoms. The molecule has 0 unspecified atom stereocenters. The molecular formula is C14H15FN2O2S. The van der Waals surface area contributed by atoms with Crippen LogP contribution >= 0.6 is 0 Å². The molecule has 2 rings (SSSR count). The molecule has 0 N–H and O–H groups in total. The lowest BCUT2D eigenvalue weighted by Gasteiger charge is -2.17. The molecule has 0 radical (unpaired) electrons. The van der Waals surface area contributed by atoms with Crippen molar-refractivity contribution < 1.29 is 12.8 Å². The molecule has 0 aliphatic heterocycles. The van der Waals surface area contributed by atoms with Crippen molar-refractivity contribution in [3.8, 4) is 0 Å². The van der Waals surface area contributed by atoms with Crippen LogP contribution in [0.1, 0.15) is 11.1 Å². The first-order valence-electron chi connectivity index (χ1n) is 6.02. The van der Waals surface area contributed by atoms with Gasteiger partial charge in [-0.05, 0) is 36.2 Å². The lowest BCUT2D eigenvalue weighted by molar-refractivity contribution is 0.459. The molecule has 20 heavy (non-hydrogen) atoms. The molecule has 0 aliphatic rings. The predicted molar refractivity (Wildman–Crippen MR) is 74.0 cm³/mol. The zero-order valence-corrected chi connectivity index (χ0v) is 12.1. The summed E-state index contributed by atoms with van der Waals surface area (Å²) >= 11 is 0. The third-order valence-electron chi connectivity index (χ3n) is 2.90. The molecule has 6 heteroatoms. The van der Waals surface area contributed by atoms with E-state index in [1.165, 1.54) is 25.2 Å². The second-order valence-electron chi connectivity index (χ2n) is 4.56. The van der Waals surface area contributed by atoms with Crippen molar-refractivity contribution in [1.29, 1.82) is 0 Å². The highest BCUT2D eigenvalue weighted by molar-refractivity contribution is 7.89. The summed E-state index contributed by atoms with van der Waals surface area (Å²) in [5.41, 5.74) is 1.44. The first kappa shape index (κ1) is 14.6. The summed E-state index contributed by atoms with van der Waals surface area (Å²) in [7, 11) is -2.44. The van der Waals surface area contributed by atoms with Gasteiger partial charge in [0.2, 0.25) is 10.0 Å². The number of nitrogens with zero attached hydrogens (tertiary/aromatic N) is 2. The smallest absolute Gasteiger partial charge is 0.246 e. The monoisotopic (exact) mass is 294 g/mol. The van der Waals surface area contributed by atoms with Crippen molar-refractivity contribution in [2.45, 2.75) is 18.4 Å². The standard InChI is InChI=1S/C14H15FN2O2S/c1-11-5-6-13(15)14(8-11)20(18,19)17(2)10-12-4-3-7-16-9-12/h3-9H,10H2,1-2H3. The lowest BCUT2D eigenvalue weighted by Crippen LogP contribution is -2.27. The van der Waals surface area contributed by atoms with E-state index in [1.54, 1.807) is 31.5 Å². The average Bonchev–Trinajstić information content (AvgIpc) is 2.42. The van der Waals surface area contributed by atoms with Crippen molar-refractivity contribution in [2.24, 2.45) is 0 Å². The van der Waals surface area contributed by atoms with E-state index in [2.05, 4.69) is 4.98 Å². The normalized spacial score (nSPS) is 11.8. The van der Waals surface area contributed by atoms with Gasteiger partial charge in [-0.1, -0.05) is 12.1 Å². The number of hydrogen-bond acceptors (Lipinski definition) is 3. The highest BCUT2D eigenvalue weighted by Gasteiger charge is 2.24. The van der Waals surface area contributed by atoms with Crippen molar-refractivity contribution in [1.82, 2.24) is 9.29 Å². The molecule has 106 valence electrons. The van der Waals surface area contributed by atoms with Gasteiger partial charge >= 0.3 is 0 Å². The molecule has 4 nitrogen and oxygen atoms in total. The maximum absolute atomic E-state index is 13.7. The third-order valence-corrected chi connectivity index (χ3v) is 4.72. The molecule has 0 amide bonds. The quantitative estimate of drug-likeness (QED) is 0.869. The number of aryl methyl sites for hydroxylation is 1. The van der Waals surface area contributed by atoms with Crippen molar-refractivity contribution in [2.75, 3.05) is 7.05 Å². The summed E-state index contributed by atoms with van der Waals surface area (Å²) in [6.07, 6.45) is 3.19. The summed E-state index contributed by atoms with van der Waals surface area (Å²) in [5.74, 6) is -0.742. The van der Waals surface area contributed by atoms with Gasteiger partial charge in [0.15, 0.2) is 0 Å². The van der Waals surface area contributed by atoms with Crippen LogP contribution < -0.4 is 0 Å². The Bertz CT molecular complexity index is 702. The summed E-state index contributed by atoms with van der Waals surface area (Å²) in [6.45, 7) is 1.86. The molecule has 0 atom stereocenters. The molecule has 1 aromatic carbocycles. The van der Waals surface area contributed by atoms with Crippen LogP contribution in [0.15, 0.2) is 47.6 Å². The number of aromatic nitrogens is 1. The van der Waals surface area contributed by atoms with Gasteiger partial charge in [0.1, 0.15) is 10.7 Å². The first-order chi connectivity index (χ1) is 9.41. The Morgan fingerprint density at radius 2 is 2.05 bits per heavy atom. The van der Waals surface area contributed by atoms with Crippen LogP contribution in [0.2, 0.25) is 0 Å². The zero-order valence-electron chi connectivity index (χ0n) is 11.2. The van der Waals surface area contributed by atoms with Gasteiger partial charge < -0.3 is 0 Å². The number of pyridine rings is 1. The summed E-state index contributed by atoms with van der Waals surface area (Å²) in [4.78, 5) is 3.63. The summed E-state index contributed by atoms with van der Waals surface area (Å²) in [5, 5.41) is 0. The van der Waals surface area contributed by atoms with Crippen LogP contribution in [0.25, 0.3) is 0 Å². The molecule has 1 aromatic heterocycles. The zero-order chi connectivity index (χ0) is 14.8. The van der Waals surface area contributed by atoms with Crippen LogP contribution in [0, 0.1) is 12.7 Å². The topological polar surface area (TPSA) is 50.3 Å². The van der Waals surface area contributed by atoms with Gasteiger partial charge in [-0.3, -0.25) is 4.98 Å². The fourth-order valence-electron chi connectivity index (χ4n) is 1.81. The fraction of sp³-hybridized carbons (Fsp3) is 0.214. The Morgan fingerprint density at radius 1 is 1.30 bits per heavy atom. The number of rotatable bonds is 4. The minimum Gasteiger partial charge on any atom is -0.264 e. The summed E-state index contributed by atoms with van der Waals surface area (Å²) in [6, 6.07) is 7.54. The van der Waals surface area contributed by atoms with E-state index in [-0.39, 0.29) is 11.4 Å². The predicted octanol–water partition coefficient (Wildman–Crippen LogP) is 2.35. The highest BCUT2D eigenvalue weighted by Crippen LogP contribution is 2.21. The highest BCUT2D eigenvalue weighted by atomic mass is 32.2. The number of sulfonamides is 1. The Hall–Kier alpha value is -1.79. The van der Waals surface area contributed by atoms with E-state index in [1.807, 2.05) is 0 Å². The maximum atomic E-state index is 13.7. The van der Waals surface area contributed by atoms with Crippen LogP contribution in [0.4, 0.5) is 4.39 Å². The van der Waals surface area contributed by atoms with E-state index in [0.717, 1.165) is 9.87 Å². The van der Waals surface area contributed by atoms with Gasteiger partial charge in [0.25, 0.3) is 0 Å². The van der Waals surface area contributed by atoms with Crippen LogP contribution in [0.3, 0.4) is 0 Å². The van der Waals surface area contributed by atoms with E-state index in [0.29, 0.717) is 5.56 Å². The molecule has 1 heterocycles. The Balaban J connectivity index is 2.32. The second-order valence-corrected chi connectivity index (χ2v) is 6.57. The largest absolute Gasteiger partial charge is 0.264 e. The van der Waals surface area contributed by atoms with E-state index >= 15 is 0 Å². The van der Waals surface area contributed by atoms with Gasteiger partial charge in [-0.25, -0.2) is 12.8 Å². The van der Waals surface area contributed by atoms with Crippen LogP contribution in [-0.2, 0) is 16.6 Å². The van der Waals surface area contributed by atoms with E-state index < -0.39 is 15.8 Å². The molecular weight excluding hydrogens is 279 g/mol. The first-order valence-corrected chi connectivity index (χ1v) is 7.46. The minimum absolute atomic E-state index is 0.142. The van der Waals surface area contributed by atoms with E-state index in [4.69, 9.17) is 0 Å². The van der Waals surface area contributed by atoms with Crippen molar-refractivity contribution in [3.63, 3.8) is 0 Å². The lowest BCUT2D eigenvalue weighted by atomic mass is 10.2. The van der Waals surface area contributed by atoms with Gasteiger partial charge in [0, 0.05) is 26.0 Å². The number of hydrogen-bond donors (Lipinski definition) is 0. The fourth-order valence-corrected chi connectivity index (χ4v) is 3.11. The SMILES string of the molecule is Cc1ccc(F)c(S(=O)(=O)N(C)Cc2cccnc2)c1. The molecule has 0 aliphatic carbocycles. The third kappa shape index (κ3) is 3.02. The molecule has 0 fully saturated rings. The van der Waals surface area contributed by atoms with Crippen LogP contribution in [0.5, 0.6) is 0 Å². The number of benzene rings is 1. The van der Waals surface area contributed by atoms with Gasteiger partial charge in [-0.2, -0.15) is 4.31 Å². The molecule has 0 bridgehead atoms. The van der Waals surface area contributed by atoms with Crippen molar-refractivity contribution >= 4 is 10.0 Å². The Morgan fingerprint density at radius 3 is 2.70 bits per heavy atom. The second kappa shape index (κ2) is 5.68. The van der Waals surface area contributed by atoms with Crippen LogP contribution in [-0.4, -0.2) is 24.8 Å². The molecule has 0 saturated heterocycles. The van der Waals surface area contributed by atoms with Gasteiger partial charge in [-0.15, -0.1) is 0 Å². The molecule has 0 saturated carbocycles. The average molecular weight is 294 g/mol. The number of halogens is 1. The maximum Gasteiger partial charge on any atom is 0.246 e. The summed E-state index contributed by atoms with van der Waals surface area (Å²) < 4.78 is 39.6. The Kier molecular flexibility index (Phi) is 4.15. The molecule has 2 aromatic rings.